The monoisotopic (exact) mass is 492 g/mol. The third-order valence-corrected chi connectivity index (χ3v) is 5.85. The topological polar surface area (TPSA) is 77.4 Å². The molecule has 1 aliphatic rings. The standard InChI is InChI=1S/C27H25ClN2O5/c1-3-34-26-14-18(16-31)4-13-25(26)35-17-27(32)30-24(20-5-9-21(28)10-6-20)15-23(29-30)19-7-11-22(33-2)12-8-19/h4-14,16,24H,3,15,17H2,1-2H3. The number of hydrazone groups is 1. The molecule has 3 aromatic carbocycles. The van der Waals surface area contributed by atoms with Crippen LogP contribution in [0.1, 0.15) is 40.9 Å². The molecule has 0 bridgehead atoms. The van der Waals surface area contributed by atoms with Gasteiger partial charge in [-0.05, 0) is 72.6 Å². The highest BCUT2D eigenvalue weighted by atomic mass is 35.5. The lowest BCUT2D eigenvalue weighted by Crippen LogP contribution is -2.31. The zero-order chi connectivity index (χ0) is 24.8. The van der Waals surface area contributed by atoms with Crippen molar-refractivity contribution in [2.75, 3.05) is 20.3 Å². The Kier molecular flexibility index (Phi) is 7.67. The number of hydrogen-bond donors (Lipinski definition) is 0. The Morgan fingerprint density at radius 1 is 1.06 bits per heavy atom. The summed E-state index contributed by atoms with van der Waals surface area (Å²) in [5.41, 5.74) is 3.07. The number of ether oxygens (including phenoxy) is 3. The van der Waals surface area contributed by atoms with Gasteiger partial charge in [0.25, 0.3) is 5.91 Å². The zero-order valence-corrected chi connectivity index (χ0v) is 20.2. The highest BCUT2D eigenvalue weighted by Crippen LogP contribution is 2.34. The van der Waals surface area contributed by atoms with E-state index in [9.17, 15) is 9.59 Å². The SMILES string of the molecule is CCOc1cc(C=O)ccc1OCC(=O)N1N=C(c2ccc(OC)cc2)CC1c1ccc(Cl)cc1. The van der Waals surface area contributed by atoms with E-state index in [0.29, 0.717) is 35.1 Å². The van der Waals surface area contributed by atoms with Gasteiger partial charge in [0.05, 0.1) is 25.5 Å². The summed E-state index contributed by atoms with van der Waals surface area (Å²) in [6.45, 7) is 1.98. The zero-order valence-electron chi connectivity index (χ0n) is 19.4. The fraction of sp³-hybridized carbons (Fsp3) is 0.222. The van der Waals surface area contributed by atoms with E-state index >= 15 is 0 Å². The summed E-state index contributed by atoms with van der Waals surface area (Å²) in [4.78, 5) is 24.4. The molecule has 1 amide bonds. The van der Waals surface area contributed by atoms with Crippen LogP contribution in [0.15, 0.2) is 71.8 Å². The van der Waals surface area contributed by atoms with Gasteiger partial charge in [0.1, 0.15) is 12.0 Å². The van der Waals surface area contributed by atoms with Crippen LogP contribution in [0.2, 0.25) is 5.02 Å². The smallest absolute Gasteiger partial charge is 0.281 e. The third kappa shape index (κ3) is 5.63. The second kappa shape index (κ2) is 11.1. The molecule has 0 saturated carbocycles. The molecule has 8 heteroatoms. The van der Waals surface area contributed by atoms with Gasteiger partial charge in [0, 0.05) is 17.0 Å². The van der Waals surface area contributed by atoms with Gasteiger partial charge in [-0.15, -0.1) is 0 Å². The van der Waals surface area contributed by atoms with Gasteiger partial charge >= 0.3 is 0 Å². The third-order valence-electron chi connectivity index (χ3n) is 5.60. The fourth-order valence-corrected chi connectivity index (χ4v) is 3.96. The number of methoxy groups -OCH3 is 1. The number of carbonyl (C=O) groups excluding carboxylic acids is 2. The molecule has 7 nitrogen and oxygen atoms in total. The van der Waals surface area contributed by atoms with Gasteiger partial charge in [0.15, 0.2) is 18.1 Å². The highest BCUT2D eigenvalue weighted by molar-refractivity contribution is 6.30. The number of rotatable bonds is 9. The summed E-state index contributed by atoms with van der Waals surface area (Å²) < 4.78 is 16.6. The van der Waals surface area contributed by atoms with Crippen molar-refractivity contribution in [3.05, 3.63) is 88.4 Å². The lowest BCUT2D eigenvalue weighted by molar-refractivity contribution is -0.135. The Hall–Kier alpha value is -3.84. The van der Waals surface area contributed by atoms with E-state index in [1.807, 2.05) is 43.3 Å². The Bertz CT molecular complexity index is 1230. The summed E-state index contributed by atoms with van der Waals surface area (Å²) in [7, 11) is 1.61. The minimum Gasteiger partial charge on any atom is -0.497 e. The van der Waals surface area contributed by atoms with Crippen LogP contribution < -0.4 is 14.2 Å². The number of hydrogen-bond acceptors (Lipinski definition) is 6. The Balaban J connectivity index is 1.58. The van der Waals surface area contributed by atoms with Gasteiger partial charge < -0.3 is 14.2 Å². The molecular weight excluding hydrogens is 468 g/mol. The van der Waals surface area contributed by atoms with Crippen molar-refractivity contribution in [3.63, 3.8) is 0 Å². The largest absolute Gasteiger partial charge is 0.497 e. The first-order chi connectivity index (χ1) is 17.0. The van der Waals surface area contributed by atoms with Crippen LogP contribution in [0.25, 0.3) is 0 Å². The maximum absolute atomic E-state index is 13.3. The van der Waals surface area contributed by atoms with E-state index in [4.69, 9.17) is 25.8 Å². The minimum absolute atomic E-state index is 0.246. The lowest BCUT2D eigenvalue weighted by atomic mass is 9.98. The molecule has 1 unspecified atom stereocenters. The first kappa shape index (κ1) is 24.3. The summed E-state index contributed by atoms with van der Waals surface area (Å²) in [5, 5.41) is 6.74. The average molecular weight is 493 g/mol. The normalized spacial score (nSPS) is 14.9. The Labute approximate surface area is 208 Å². The van der Waals surface area contributed by atoms with Crippen LogP contribution in [-0.4, -0.2) is 43.2 Å². The van der Waals surface area contributed by atoms with Crippen LogP contribution in [0.4, 0.5) is 0 Å². The number of aldehydes is 1. The molecule has 0 spiro atoms. The molecule has 0 saturated heterocycles. The van der Waals surface area contributed by atoms with E-state index in [0.717, 1.165) is 28.9 Å². The van der Waals surface area contributed by atoms with Gasteiger partial charge in [-0.2, -0.15) is 5.10 Å². The molecule has 1 atom stereocenters. The van der Waals surface area contributed by atoms with E-state index in [1.165, 1.54) is 5.01 Å². The van der Waals surface area contributed by atoms with Crippen LogP contribution in [0, 0.1) is 0 Å². The molecule has 3 aromatic rings. The van der Waals surface area contributed by atoms with Crippen molar-refractivity contribution in [2.45, 2.75) is 19.4 Å². The molecular formula is C27H25ClN2O5. The molecule has 35 heavy (non-hydrogen) atoms. The van der Waals surface area contributed by atoms with E-state index in [-0.39, 0.29) is 18.6 Å². The van der Waals surface area contributed by atoms with Crippen LogP contribution in [0.3, 0.4) is 0 Å². The maximum atomic E-state index is 13.3. The first-order valence-corrected chi connectivity index (χ1v) is 11.5. The molecule has 1 aliphatic heterocycles. The number of benzene rings is 3. The number of carbonyl (C=O) groups is 2. The van der Waals surface area contributed by atoms with Gasteiger partial charge in [-0.25, -0.2) is 5.01 Å². The lowest BCUT2D eigenvalue weighted by Gasteiger charge is -2.22. The minimum atomic E-state index is -0.310. The van der Waals surface area contributed by atoms with Crippen LogP contribution in [0.5, 0.6) is 17.2 Å². The molecule has 1 heterocycles. The number of nitrogens with zero attached hydrogens (tertiary/aromatic N) is 2. The van der Waals surface area contributed by atoms with Gasteiger partial charge in [-0.1, -0.05) is 23.7 Å². The maximum Gasteiger partial charge on any atom is 0.281 e. The summed E-state index contributed by atoms with van der Waals surface area (Å²) in [6.07, 6.45) is 1.27. The molecule has 0 radical (unpaired) electrons. The Morgan fingerprint density at radius 2 is 1.80 bits per heavy atom. The highest BCUT2D eigenvalue weighted by Gasteiger charge is 2.33. The van der Waals surface area contributed by atoms with Crippen molar-refractivity contribution in [1.82, 2.24) is 5.01 Å². The second-order valence-corrected chi connectivity index (χ2v) is 8.27. The quantitative estimate of drug-likeness (QED) is 0.378. The van der Waals surface area contributed by atoms with E-state index in [1.54, 1.807) is 37.4 Å². The molecule has 4 rings (SSSR count). The summed E-state index contributed by atoms with van der Waals surface area (Å²) in [5.74, 6) is 1.22. The number of amides is 1. The fourth-order valence-electron chi connectivity index (χ4n) is 3.83. The van der Waals surface area contributed by atoms with Gasteiger partial charge in [0.2, 0.25) is 0 Å². The first-order valence-electron chi connectivity index (χ1n) is 11.2. The van der Waals surface area contributed by atoms with Crippen LogP contribution >= 0.6 is 11.6 Å². The van der Waals surface area contributed by atoms with E-state index < -0.39 is 0 Å². The van der Waals surface area contributed by atoms with Crippen LogP contribution in [-0.2, 0) is 4.79 Å². The molecule has 0 aliphatic carbocycles. The molecule has 0 fully saturated rings. The summed E-state index contributed by atoms with van der Waals surface area (Å²) >= 11 is 6.08. The Morgan fingerprint density at radius 3 is 2.46 bits per heavy atom. The van der Waals surface area contributed by atoms with Gasteiger partial charge in [-0.3, -0.25) is 9.59 Å². The molecule has 0 aromatic heterocycles. The van der Waals surface area contributed by atoms with Crippen molar-refractivity contribution in [1.29, 1.82) is 0 Å². The molecule has 0 N–H and O–H groups in total. The summed E-state index contributed by atoms with van der Waals surface area (Å²) in [6, 6.07) is 19.5. The molecule has 180 valence electrons. The second-order valence-electron chi connectivity index (χ2n) is 7.83. The predicted molar refractivity (Wildman–Crippen MR) is 134 cm³/mol. The number of halogens is 1. The predicted octanol–water partition coefficient (Wildman–Crippen LogP) is 5.32. The van der Waals surface area contributed by atoms with Crippen molar-refractivity contribution >= 4 is 29.5 Å². The van der Waals surface area contributed by atoms with Crippen molar-refractivity contribution in [3.8, 4) is 17.2 Å². The van der Waals surface area contributed by atoms with Crippen molar-refractivity contribution in [2.24, 2.45) is 5.10 Å². The van der Waals surface area contributed by atoms with E-state index in [2.05, 4.69) is 5.10 Å². The van der Waals surface area contributed by atoms with Crippen molar-refractivity contribution < 1.29 is 23.8 Å². The average Bonchev–Trinajstić information content (AvgIpc) is 3.34.